The third kappa shape index (κ3) is 2.93. The zero-order valence-corrected chi connectivity index (χ0v) is 10.7. The highest BCUT2D eigenvalue weighted by molar-refractivity contribution is 5.86. The normalized spacial score (nSPS) is 10.5. The highest BCUT2D eigenvalue weighted by Crippen LogP contribution is 2.19. The van der Waals surface area contributed by atoms with Gasteiger partial charge < -0.3 is 14.8 Å². The standard InChI is InChI=1S/C14H14FNO3/c1-8-3-4-11(15)12(5-8)16-7-10-6-9(2)13(19-10)14(17)18/h3-6,16H,7H2,1-2H3,(H,17,18). The summed E-state index contributed by atoms with van der Waals surface area (Å²) in [6, 6.07) is 6.38. The molecule has 0 bridgehead atoms. The lowest BCUT2D eigenvalue weighted by Gasteiger charge is -2.06. The van der Waals surface area contributed by atoms with Crippen molar-refractivity contribution < 1.29 is 18.7 Å². The van der Waals surface area contributed by atoms with E-state index in [0.717, 1.165) is 5.56 Å². The molecule has 0 amide bonds. The molecule has 2 rings (SSSR count). The number of aromatic carboxylic acids is 1. The first kappa shape index (κ1) is 13.1. The van der Waals surface area contributed by atoms with Crippen LogP contribution in [0.3, 0.4) is 0 Å². The Balaban J connectivity index is 2.12. The summed E-state index contributed by atoms with van der Waals surface area (Å²) in [5.41, 5.74) is 1.85. The first-order valence-electron chi connectivity index (χ1n) is 5.80. The molecule has 2 aromatic rings. The Morgan fingerprint density at radius 1 is 1.37 bits per heavy atom. The maximum atomic E-state index is 13.5. The average molecular weight is 263 g/mol. The Morgan fingerprint density at radius 2 is 2.11 bits per heavy atom. The molecule has 0 unspecified atom stereocenters. The van der Waals surface area contributed by atoms with Crippen molar-refractivity contribution in [3.63, 3.8) is 0 Å². The number of furan rings is 1. The Labute approximate surface area is 109 Å². The topological polar surface area (TPSA) is 62.5 Å². The van der Waals surface area contributed by atoms with Crippen LogP contribution in [0.15, 0.2) is 28.7 Å². The number of nitrogens with one attached hydrogen (secondary N) is 1. The highest BCUT2D eigenvalue weighted by Gasteiger charge is 2.14. The van der Waals surface area contributed by atoms with Crippen molar-refractivity contribution in [3.05, 3.63) is 52.7 Å². The maximum Gasteiger partial charge on any atom is 0.372 e. The van der Waals surface area contributed by atoms with E-state index in [2.05, 4.69) is 5.32 Å². The SMILES string of the molecule is Cc1ccc(F)c(NCc2cc(C)c(C(=O)O)o2)c1. The van der Waals surface area contributed by atoms with Gasteiger partial charge in [0.05, 0.1) is 12.2 Å². The minimum Gasteiger partial charge on any atom is -0.475 e. The lowest BCUT2D eigenvalue weighted by Crippen LogP contribution is -2.01. The van der Waals surface area contributed by atoms with Gasteiger partial charge in [-0.1, -0.05) is 6.07 Å². The fraction of sp³-hybridized carbons (Fsp3) is 0.214. The second-order valence-electron chi connectivity index (χ2n) is 4.37. The van der Waals surface area contributed by atoms with Crippen molar-refractivity contribution >= 4 is 11.7 Å². The Morgan fingerprint density at radius 3 is 2.74 bits per heavy atom. The number of carboxylic acids is 1. The Bertz CT molecular complexity index is 619. The highest BCUT2D eigenvalue weighted by atomic mass is 19.1. The van der Waals surface area contributed by atoms with Gasteiger partial charge in [0.25, 0.3) is 0 Å². The van der Waals surface area contributed by atoms with Crippen LogP contribution in [0.4, 0.5) is 10.1 Å². The van der Waals surface area contributed by atoms with Crippen LogP contribution < -0.4 is 5.32 Å². The van der Waals surface area contributed by atoms with E-state index in [1.165, 1.54) is 6.07 Å². The number of rotatable bonds is 4. The fourth-order valence-electron chi connectivity index (χ4n) is 1.80. The summed E-state index contributed by atoms with van der Waals surface area (Å²) in [6.07, 6.45) is 0. The summed E-state index contributed by atoms with van der Waals surface area (Å²) in [5.74, 6) is -1.09. The van der Waals surface area contributed by atoms with Crippen LogP contribution in [-0.2, 0) is 6.54 Å². The van der Waals surface area contributed by atoms with E-state index in [4.69, 9.17) is 9.52 Å². The van der Waals surface area contributed by atoms with Crippen molar-refractivity contribution in [2.24, 2.45) is 0 Å². The number of halogens is 1. The number of carboxylic acid groups (broad SMARTS) is 1. The summed E-state index contributed by atoms with van der Waals surface area (Å²) in [4.78, 5) is 10.8. The summed E-state index contributed by atoms with van der Waals surface area (Å²) >= 11 is 0. The maximum absolute atomic E-state index is 13.5. The van der Waals surface area contributed by atoms with Gasteiger partial charge in [0, 0.05) is 5.56 Å². The molecule has 5 heteroatoms. The predicted molar refractivity (Wildman–Crippen MR) is 68.9 cm³/mol. The van der Waals surface area contributed by atoms with Gasteiger partial charge in [-0.25, -0.2) is 9.18 Å². The number of hydrogen-bond donors (Lipinski definition) is 2. The molecule has 19 heavy (non-hydrogen) atoms. The van der Waals surface area contributed by atoms with E-state index in [0.29, 0.717) is 17.0 Å². The molecular formula is C14H14FNO3. The summed E-state index contributed by atoms with van der Waals surface area (Å²) in [5, 5.41) is 11.8. The van der Waals surface area contributed by atoms with Gasteiger partial charge in [-0.15, -0.1) is 0 Å². The van der Waals surface area contributed by atoms with Crippen molar-refractivity contribution in [2.75, 3.05) is 5.32 Å². The van der Waals surface area contributed by atoms with Gasteiger partial charge in [0.1, 0.15) is 11.6 Å². The molecule has 0 atom stereocenters. The van der Waals surface area contributed by atoms with E-state index in [-0.39, 0.29) is 18.1 Å². The smallest absolute Gasteiger partial charge is 0.372 e. The molecule has 1 aromatic heterocycles. The van der Waals surface area contributed by atoms with Gasteiger partial charge in [-0.2, -0.15) is 0 Å². The first-order chi connectivity index (χ1) is 8.97. The number of anilines is 1. The van der Waals surface area contributed by atoms with Crippen LogP contribution in [0.2, 0.25) is 0 Å². The molecule has 0 aliphatic rings. The van der Waals surface area contributed by atoms with Crippen molar-refractivity contribution in [1.82, 2.24) is 0 Å². The summed E-state index contributed by atoms with van der Waals surface area (Å²) < 4.78 is 18.7. The zero-order valence-electron chi connectivity index (χ0n) is 10.7. The molecule has 0 fully saturated rings. The molecule has 0 spiro atoms. The molecule has 0 aliphatic heterocycles. The van der Waals surface area contributed by atoms with Crippen LogP contribution in [-0.4, -0.2) is 11.1 Å². The quantitative estimate of drug-likeness (QED) is 0.888. The lowest BCUT2D eigenvalue weighted by atomic mass is 10.2. The largest absolute Gasteiger partial charge is 0.475 e. The molecule has 0 saturated heterocycles. The van der Waals surface area contributed by atoms with Crippen LogP contribution >= 0.6 is 0 Å². The summed E-state index contributed by atoms with van der Waals surface area (Å²) in [6.45, 7) is 3.75. The van der Waals surface area contributed by atoms with Crippen LogP contribution in [0.25, 0.3) is 0 Å². The molecular weight excluding hydrogens is 249 g/mol. The van der Waals surface area contributed by atoms with Crippen molar-refractivity contribution in [2.45, 2.75) is 20.4 Å². The molecule has 0 aliphatic carbocycles. The van der Waals surface area contributed by atoms with Crippen LogP contribution in [0.1, 0.15) is 27.4 Å². The molecule has 1 aromatic carbocycles. The number of hydrogen-bond acceptors (Lipinski definition) is 3. The monoisotopic (exact) mass is 263 g/mol. The third-order valence-electron chi connectivity index (χ3n) is 2.74. The minimum absolute atomic E-state index is 0.0819. The zero-order chi connectivity index (χ0) is 14.0. The molecule has 0 radical (unpaired) electrons. The second-order valence-corrected chi connectivity index (χ2v) is 4.37. The molecule has 4 nitrogen and oxygen atoms in total. The minimum atomic E-state index is -1.11. The van der Waals surface area contributed by atoms with E-state index >= 15 is 0 Å². The van der Waals surface area contributed by atoms with Crippen LogP contribution in [0, 0.1) is 19.7 Å². The van der Waals surface area contributed by atoms with E-state index in [9.17, 15) is 9.18 Å². The van der Waals surface area contributed by atoms with Gasteiger partial charge in [-0.3, -0.25) is 0 Å². The number of carbonyl (C=O) groups is 1. The van der Waals surface area contributed by atoms with Gasteiger partial charge in [-0.05, 0) is 37.6 Å². The van der Waals surface area contributed by atoms with Crippen molar-refractivity contribution in [1.29, 1.82) is 0 Å². The van der Waals surface area contributed by atoms with Crippen molar-refractivity contribution in [3.8, 4) is 0 Å². The second kappa shape index (κ2) is 5.14. The molecule has 0 saturated carbocycles. The van der Waals surface area contributed by atoms with Crippen LogP contribution in [0.5, 0.6) is 0 Å². The third-order valence-corrected chi connectivity index (χ3v) is 2.74. The average Bonchev–Trinajstić information content (AvgIpc) is 2.72. The first-order valence-corrected chi connectivity index (χ1v) is 5.80. The lowest BCUT2D eigenvalue weighted by molar-refractivity contribution is 0.0659. The molecule has 100 valence electrons. The Kier molecular flexibility index (Phi) is 3.55. The van der Waals surface area contributed by atoms with E-state index < -0.39 is 5.97 Å². The molecule has 1 heterocycles. The molecule has 2 N–H and O–H groups in total. The van der Waals surface area contributed by atoms with Gasteiger partial charge in [0.2, 0.25) is 5.76 Å². The Hall–Kier alpha value is -2.30. The summed E-state index contributed by atoms with van der Waals surface area (Å²) in [7, 11) is 0. The predicted octanol–water partition coefficient (Wildman–Crippen LogP) is 3.35. The van der Waals surface area contributed by atoms with E-state index in [1.54, 1.807) is 25.1 Å². The number of aryl methyl sites for hydroxylation is 2. The van der Waals surface area contributed by atoms with Gasteiger partial charge >= 0.3 is 5.97 Å². The fourth-order valence-corrected chi connectivity index (χ4v) is 1.80. The van der Waals surface area contributed by atoms with E-state index in [1.807, 2.05) is 6.92 Å². The number of benzene rings is 1. The van der Waals surface area contributed by atoms with Gasteiger partial charge in [0.15, 0.2) is 0 Å².